The molecule has 0 aliphatic rings. The Morgan fingerprint density at radius 3 is 2.67 bits per heavy atom. The van der Waals surface area contributed by atoms with Crippen molar-refractivity contribution >= 4 is 33.6 Å². The van der Waals surface area contributed by atoms with Crippen LogP contribution in [0.15, 0.2) is 28.7 Å². The number of hydrogen-bond acceptors (Lipinski definition) is 3. The topological polar surface area (TPSA) is 67.4 Å². The third-order valence-electron chi connectivity index (χ3n) is 2.29. The van der Waals surface area contributed by atoms with Gasteiger partial charge in [0, 0.05) is 11.0 Å². The molecule has 5 nitrogen and oxygen atoms in total. The molecule has 1 aromatic carbocycles. The molecule has 98 valence electrons. The van der Waals surface area contributed by atoms with Crippen molar-refractivity contribution in [2.75, 3.05) is 19.0 Å². The van der Waals surface area contributed by atoms with E-state index in [1.807, 2.05) is 18.2 Å². The normalized spacial score (nSPS) is 11.5. The Balaban J connectivity index is 2.43. The van der Waals surface area contributed by atoms with E-state index < -0.39 is 0 Å². The maximum absolute atomic E-state index is 11.6. The minimum Gasteiger partial charge on any atom is -0.469 e. The van der Waals surface area contributed by atoms with Crippen LogP contribution in [0.1, 0.15) is 6.92 Å². The molecule has 0 saturated carbocycles. The largest absolute Gasteiger partial charge is 0.469 e. The number of nitrogens with one attached hydrogen (secondary N) is 2. The van der Waals surface area contributed by atoms with Gasteiger partial charge in [0.05, 0.1) is 18.7 Å². The number of hydrogen-bond donors (Lipinski definition) is 2. The highest BCUT2D eigenvalue weighted by molar-refractivity contribution is 9.10. The lowest BCUT2D eigenvalue weighted by molar-refractivity contribution is -0.144. The average Bonchev–Trinajstić information content (AvgIpc) is 2.37. The number of esters is 1. The maximum Gasteiger partial charge on any atom is 0.319 e. The van der Waals surface area contributed by atoms with Crippen LogP contribution < -0.4 is 10.6 Å². The zero-order valence-electron chi connectivity index (χ0n) is 10.2. The predicted octanol–water partition coefficient (Wildman–Crippen LogP) is 2.38. The zero-order chi connectivity index (χ0) is 13.5. The summed E-state index contributed by atoms with van der Waals surface area (Å²) in [7, 11) is 1.32. The number of rotatable bonds is 4. The fourth-order valence-electron chi connectivity index (χ4n) is 1.26. The van der Waals surface area contributed by atoms with Crippen molar-refractivity contribution in [3.8, 4) is 0 Å². The van der Waals surface area contributed by atoms with Crippen LogP contribution in [-0.2, 0) is 9.53 Å². The molecular formula is C12H15BrN2O3. The van der Waals surface area contributed by atoms with Gasteiger partial charge in [0.2, 0.25) is 0 Å². The standard InChI is InChI=1S/C12H15BrN2O3/c1-8(11(16)18-2)7-14-12(17)15-10-6-4-3-5-9(10)13/h3-6,8H,7H2,1-2H3,(H2,14,15,17)/t8-/m0/s1. The summed E-state index contributed by atoms with van der Waals surface area (Å²) >= 11 is 3.32. The number of benzene rings is 1. The summed E-state index contributed by atoms with van der Waals surface area (Å²) < 4.78 is 5.36. The van der Waals surface area contributed by atoms with Crippen LogP contribution in [0.25, 0.3) is 0 Å². The van der Waals surface area contributed by atoms with Gasteiger partial charge in [0.15, 0.2) is 0 Å². The molecule has 0 heterocycles. The number of methoxy groups -OCH3 is 1. The summed E-state index contributed by atoms with van der Waals surface area (Å²) in [4.78, 5) is 22.7. The minimum atomic E-state index is -0.375. The van der Waals surface area contributed by atoms with Crippen molar-refractivity contribution in [1.29, 1.82) is 0 Å². The molecule has 0 aromatic heterocycles. The quantitative estimate of drug-likeness (QED) is 0.838. The predicted molar refractivity (Wildman–Crippen MR) is 72.3 cm³/mol. The number of carbonyl (C=O) groups excluding carboxylic acids is 2. The fourth-order valence-corrected chi connectivity index (χ4v) is 1.64. The van der Waals surface area contributed by atoms with Crippen molar-refractivity contribution in [3.63, 3.8) is 0 Å². The van der Waals surface area contributed by atoms with E-state index in [4.69, 9.17) is 0 Å². The Hall–Kier alpha value is -1.56. The second kappa shape index (κ2) is 7.00. The molecule has 1 aromatic rings. The molecular weight excluding hydrogens is 300 g/mol. The van der Waals surface area contributed by atoms with E-state index in [-0.39, 0.29) is 24.5 Å². The van der Waals surface area contributed by atoms with Crippen LogP contribution in [0.5, 0.6) is 0 Å². The molecule has 0 radical (unpaired) electrons. The Morgan fingerprint density at radius 2 is 2.06 bits per heavy atom. The van der Waals surface area contributed by atoms with Gasteiger partial charge in [0.25, 0.3) is 0 Å². The van der Waals surface area contributed by atoms with E-state index in [0.29, 0.717) is 5.69 Å². The fraction of sp³-hybridized carbons (Fsp3) is 0.333. The van der Waals surface area contributed by atoms with Crippen LogP contribution >= 0.6 is 15.9 Å². The lowest BCUT2D eigenvalue weighted by Gasteiger charge is -2.12. The molecule has 0 unspecified atom stereocenters. The molecule has 6 heteroatoms. The number of anilines is 1. The number of carbonyl (C=O) groups is 2. The van der Waals surface area contributed by atoms with Crippen LogP contribution in [-0.4, -0.2) is 25.7 Å². The second-order valence-corrected chi connectivity index (χ2v) is 4.59. The Kier molecular flexibility index (Phi) is 5.64. The molecule has 0 aliphatic carbocycles. The van der Waals surface area contributed by atoms with Gasteiger partial charge in [-0.3, -0.25) is 4.79 Å². The zero-order valence-corrected chi connectivity index (χ0v) is 11.8. The number of amides is 2. The molecule has 1 atom stereocenters. The van der Waals surface area contributed by atoms with Gasteiger partial charge in [-0.1, -0.05) is 19.1 Å². The first kappa shape index (κ1) is 14.5. The highest BCUT2D eigenvalue weighted by atomic mass is 79.9. The van der Waals surface area contributed by atoms with Crippen molar-refractivity contribution in [2.24, 2.45) is 5.92 Å². The molecule has 0 saturated heterocycles. The van der Waals surface area contributed by atoms with E-state index in [1.165, 1.54) is 7.11 Å². The molecule has 18 heavy (non-hydrogen) atoms. The highest BCUT2D eigenvalue weighted by Crippen LogP contribution is 2.20. The SMILES string of the molecule is COC(=O)[C@@H](C)CNC(=O)Nc1ccccc1Br. The first-order valence-corrected chi connectivity index (χ1v) is 6.21. The molecule has 1 rings (SSSR count). The number of urea groups is 1. The first-order valence-electron chi connectivity index (χ1n) is 5.41. The molecule has 0 spiro atoms. The van der Waals surface area contributed by atoms with Gasteiger partial charge in [-0.25, -0.2) is 4.79 Å². The molecule has 0 aliphatic heterocycles. The van der Waals surface area contributed by atoms with Crippen LogP contribution in [0.3, 0.4) is 0 Å². The molecule has 0 fully saturated rings. The van der Waals surface area contributed by atoms with E-state index in [0.717, 1.165) is 4.47 Å². The summed E-state index contributed by atoms with van der Waals surface area (Å²) in [5.74, 6) is -0.726. The third-order valence-corrected chi connectivity index (χ3v) is 2.99. The van der Waals surface area contributed by atoms with E-state index >= 15 is 0 Å². The lowest BCUT2D eigenvalue weighted by atomic mass is 10.2. The van der Waals surface area contributed by atoms with Gasteiger partial charge in [-0.2, -0.15) is 0 Å². The van der Waals surface area contributed by atoms with Crippen molar-refractivity contribution < 1.29 is 14.3 Å². The number of ether oxygens (including phenoxy) is 1. The Labute approximate surface area is 114 Å². The Morgan fingerprint density at radius 1 is 1.39 bits per heavy atom. The summed E-state index contributed by atoms with van der Waals surface area (Å²) in [5, 5.41) is 5.28. The number of para-hydroxylation sites is 1. The molecule has 0 bridgehead atoms. The summed E-state index contributed by atoms with van der Waals surface area (Å²) in [6.07, 6.45) is 0. The highest BCUT2D eigenvalue weighted by Gasteiger charge is 2.14. The van der Waals surface area contributed by atoms with Crippen molar-refractivity contribution in [3.05, 3.63) is 28.7 Å². The molecule has 2 amide bonds. The monoisotopic (exact) mass is 314 g/mol. The lowest BCUT2D eigenvalue weighted by Crippen LogP contribution is -2.35. The van der Waals surface area contributed by atoms with Crippen molar-refractivity contribution in [1.82, 2.24) is 5.32 Å². The summed E-state index contributed by atoms with van der Waals surface area (Å²) in [5.41, 5.74) is 0.667. The van der Waals surface area contributed by atoms with Crippen LogP contribution in [0.2, 0.25) is 0 Å². The smallest absolute Gasteiger partial charge is 0.319 e. The second-order valence-electron chi connectivity index (χ2n) is 3.74. The van der Waals surface area contributed by atoms with Gasteiger partial charge in [-0.15, -0.1) is 0 Å². The first-order chi connectivity index (χ1) is 8.54. The summed E-state index contributed by atoms with van der Waals surface area (Å²) in [6, 6.07) is 6.90. The summed E-state index contributed by atoms with van der Waals surface area (Å²) in [6.45, 7) is 1.91. The van der Waals surface area contributed by atoms with Gasteiger partial charge < -0.3 is 15.4 Å². The maximum atomic E-state index is 11.6. The van der Waals surface area contributed by atoms with E-state index in [1.54, 1.807) is 13.0 Å². The van der Waals surface area contributed by atoms with Crippen LogP contribution in [0.4, 0.5) is 10.5 Å². The van der Waals surface area contributed by atoms with Crippen LogP contribution in [0, 0.1) is 5.92 Å². The third kappa shape index (κ3) is 4.37. The average molecular weight is 315 g/mol. The van der Waals surface area contributed by atoms with E-state index in [2.05, 4.69) is 31.3 Å². The van der Waals surface area contributed by atoms with Gasteiger partial charge in [0.1, 0.15) is 0 Å². The van der Waals surface area contributed by atoms with Gasteiger partial charge >= 0.3 is 12.0 Å². The van der Waals surface area contributed by atoms with E-state index in [9.17, 15) is 9.59 Å². The van der Waals surface area contributed by atoms with Crippen molar-refractivity contribution in [2.45, 2.75) is 6.92 Å². The van der Waals surface area contributed by atoms with Gasteiger partial charge in [-0.05, 0) is 28.1 Å². The minimum absolute atomic E-state index is 0.225. The number of halogens is 1. The molecule has 2 N–H and O–H groups in total. The Bertz CT molecular complexity index is 437.